The highest BCUT2D eigenvalue weighted by Gasteiger charge is 2.26. The van der Waals surface area contributed by atoms with Crippen LogP contribution in [0.4, 0.5) is 0 Å². The molecule has 1 saturated heterocycles. The zero-order valence-electron chi connectivity index (χ0n) is 18.1. The van der Waals surface area contributed by atoms with E-state index in [2.05, 4.69) is 29.4 Å². The molecule has 0 aliphatic carbocycles. The standard InChI is InChI=1S/C23H28N4O3/c1-5-21-23(15(3)26-30-21)20-8-6-7-19(24-20)17-9-11-27(12-10-17)22(28)13-18-14(2)25-29-16(18)4/h6-8,17H,5,9-13H2,1-4H3. The molecular weight excluding hydrogens is 380 g/mol. The molecule has 4 heterocycles. The average molecular weight is 409 g/mol. The Labute approximate surface area is 176 Å². The molecule has 1 aliphatic heterocycles. The summed E-state index contributed by atoms with van der Waals surface area (Å²) in [5.74, 6) is 2.08. The van der Waals surface area contributed by atoms with E-state index in [4.69, 9.17) is 14.0 Å². The van der Waals surface area contributed by atoms with Crippen molar-refractivity contribution in [1.29, 1.82) is 0 Å². The molecular formula is C23H28N4O3. The molecule has 0 unspecified atom stereocenters. The molecule has 0 bridgehead atoms. The van der Waals surface area contributed by atoms with E-state index in [9.17, 15) is 4.79 Å². The van der Waals surface area contributed by atoms with Crippen LogP contribution in [-0.4, -0.2) is 39.2 Å². The Morgan fingerprint density at radius 3 is 2.50 bits per heavy atom. The zero-order chi connectivity index (χ0) is 21.3. The SMILES string of the molecule is CCc1onc(C)c1-c1cccc(C2CCN(C(=O)Cc3c(C)noc3C)CC2)n1. The normalized spacial score (nSPS) is 15.0. The molecule has 158 valence electrons. The smallest absolute Gasteiger partial charge is 0.227 e. The van der Waals surface area contributed by atoms with Gasteiger partial charge in [-0.05, 0) is 45.7 Å². The number of likely N-dealkylation sites (tertiary alicyclic amines) is 1. The lowest BCUT2D eigenvalue weighted by Gasteiger charge is -2.32. The number of piperidine rings is 1. The number of aryl methyl sites for hydroxylation is 4. The predicted molar refractivity (Wildman–Crippen MR) is 112 cm³/mol. The molecule has 1 amide bonds. The van der Waals surface area contributed by atoms with Crippen LogP contribution < -0.4 is 0 Å². The van der Waals surface area contributed by atoms with E-state index < -0.39 is 0 Å². The molecule has 0 saturated carbocycles. The number of hydrogen-bond donors (Lipinski definition) is 0. The molecule has 3 aromatic rings. The quantitative estimate of drug-likeness (QED) is 0.630. The van der Waals surface area contributed by atoms with Gasteiger partial charge in [-0.25, -0.2) is 0 Å². The van der Waals surface area contributed by atoms with E-state index in [1.54, 1.807) is 0 Å². The molecule has 0 radical (unpaired) electrons. The van der Waals surface area contributed by atoms with Crippen molar-refractivity contribution in [2.24, 2.45) is 0 Å². The molecule has 0 aromatic carbocycles. The lowest BCUT2D eigenvalue weighted by molar-refractivity contribution is -0.131. The van der Waals surface area contributed by atoms with Crippen molar-refractivity contribution in [3.63, 3.8) is 0 Å². The van der Waals surface area contributed by atoms with Gasteiger partial charge < -0.3 is 13.9 Å². The molecule has 7 heteroatoms. The highest BCUT2D eigenvalue weighted by atomic mass is 16.5. The van der Waals surface area contributed by atoms with Gasteiger partial charge in [0.25, 0.3) is 0 Å². The van der Waals surface area contributed by atoms with E-state index in [-0.39, 0.29) is 5.91 Å². The Morgan fingerprint density at radius 2 is 1.83 bits per heavy atom. The first-order valence-electron chi connectivity index (χ1n) is 10.6. The molecule has 0 N–H and O–H groups in total. The molecule has 0 spiro atoms. The fourth-order valence-corrected chi connectivity index (χ4v) is 4.25. The van der Waals surface area contributed by atoms with Gasteiger partial charge in [0.1, 0.15) is 11.5 Å². The number of rotatable bonds is 5. The van der Waals surface area contributed by atoms with Crippen molar-refractivity contribution >= 4 is 5.91 Å². The number of amides is 1. The van der Waals surface area contributed by atoms with Gasteiger partial charge >= 0.3 is 0 Å². The fraction of sp³-hybridized carbons (Fsp3) is 0.478. The lowest BCUT2D eigenvalue weighted by atomic mass is 9.92. The molecule has 1 fully saturated rings. The summed E-state index contributed by atoms with van der Waals surface area (Å²) in [5, 5.41) is 8.06. The maximum Gasteiger partial charge on any atom is 0.227 e. The lowest BCUT2D eigenvalue weighted by Crippen LogP contribution is -2.39. The van der Waals surface area contributed by atoms with Gasteiger partial charge in [0.2, 0.25) is 5.91 Å². The number of nitrogens with zero attached hydrogens (tertiary/aromatic N) is 4. The third kappa shape index (κ3) is 3.88. The minimum Gasteiger partial charge on any atom is -0.361 e. The van der Waals surface area contributed by atoms with Gasteiger partial charge in [0.15, 0.2) is 0 Å². The number of aromatic nitrogens is 3. The summed E-state index contributed by atoms with van der Waals surface area (Å²) in [7, 11) is 0. The van der Waals surface area contributed by atoms with Crippen molar-refractivity contribution in [3.8, 4) is 11.3 Å². The molecule has 7 nitrogen and oxygen atoms in total. The van der Waals surface area contributed by atoms with Crippen molar-refractivity contribution in [2.75, 3.05) is 13.1 Å². The first-order chi connectivity index (χ1) is 14.5. The topological polar surface area (TPSA) is 85.3 Å². The zero-order valence-corrected chi connectivity index (χ0v) is 18.1. The van der Waals surface area contributed by atoms with Gasteiger partial charge in [-0.15, -0.1) is 0 Å². The second kappa shape index (κ2) is 8.42. The highest BCUT2D eigenvalue weighted by Crippen LogP contribution is 2.31. The summed E-state index contributed by atoms with van der Waals surface area (Å²) < 4.78 is 10.6. The minimum absolute atomic E-state index is 0.136. The molecule has 0 atom stereocenters. The maximum absolute atomic E-state index is 12.8. The van der Waals surface area contributed by atoms with E-state index in [0.29, 0.717) is 12.3 Å². The summed E-state index contributed by atoms with van der Waals surface area (Å²) in [6, 6.07) is 6.16. The third-order valence-corrected chi connectivity index (χ3v) is 6.06. The van der Waals surface area contributed by atoms with Crippen LogP contribution in [0.2, 0.25) is 0 Å². The Morgan fingerprint density at radius 1 is 1.10 bits per heavy atom. The van der Waals surface area contributed by atoms with Crippen LogP contribution in [0.5, 0.6) is 0 Å². The predicted octanol–water partition coefficient (Wildman–Crippen LogP) is 4.16. The number of carbonyl (C=O) groups is 1. The van der Waals surface area contributed by atoms with E-state index in [0.717, 1.165) is 77.8 Å². The monoisotopic (exact) mass is 408 g/mol. The highest BCUT2D eigenvalue weighted by molar-refractivity contribution is 5.79. The van der Waals surface area contributed by atoms with Crippen molar-refractivity contribution in [2.45, 2.75) is 59.3 Å². The van der Waals surface area contributed by atoms with Gasteiger partial charge in [0, 0.05) is 36.7 Å². The van der Waals surface area contributed by atoms with E-state index >= 15 is 0 Å². The fourth-order valence-electron chi connectivity index (χ4n) is 4.25. The molecule has 4 rings (SSSR count). The third-order valence-electron chi connectivity index (χ3n) is 6.06. The summed E-state index contributed by atoms with van der Waals surface area (Å²) in [6.07, 6.45) is 2.96. The number of hydrogen-bond acceptors (Lipinski definition) is 6. The Balaban J connectivity index is 1.43. The first-order valence-corrected chi connectivity index (χ1v) is 10.6. The molecule has 30 heavy (non-hydrogen) atoms. The first kappa shape index (κ1) is 20.3. The summed E-state index contributed by atoms with van der Waals surface area (Å²) in [5.41, 5.74) is 5.58. The largest absolute Gasteiger partial charge is 0.361 e. The van der Waals surface area contributed by atoms with Gasteiger partial charge in [-0.1, -0.05) is 23.3 Å². The van der Waals surface area contributed by atoms with Crippen molar-refractivity contribution in [3.05, 3.63) is 52.4 Å². The van der Waals surface area contributed by atoms with E-state index in [1.165, 1.54) is 0 Å². The van der Waals surface area contributed by atoms with Crippen LogP contribution in [0, 0.1) is 20.8 Å². The van der Waals surface area contributed by atoms with Crippen LogP contribution in [0.3, 0.4) is 0 Å². The number of pyridine rings is 1. The second-order valence-electron chi connectivity index (χ2n) is 8.00. The number of carbonyl (C=O) groups excluding carboxylic acids is 1. The van der Waals surface area contributed by atoms with Gasteiger partial charge in [-0.2, -0.15) is 0 Å². The van der Waals surface area contributed by atoms with Crippen LogP contribution >= 0.6 is 0 Å². The Bertz CT molecular complexity index is 1030. The van der Waals surface area contributed by atoms with Crippen LogP contribution in [-0.2, 0) is 17.6 Å². The van der Waals surface area contributed by atoms with Crippen molar-refractivity contribution < 1.29 is 13.8 Å². The molecule has 1 aliphatic rings. The van der Waals surface area contributed by atoms with Gasteiger partial charge in [0.05, 0.1) is 29.1 Å². The summed E-state index contributed by atoms with van der Waals surface area (Å²) in [6.45, 7) is 9.23. The minimum atomic E-state index is 0.136. The molecule has 3 aromatic heterocycles. The Hall–Kier alpha value is -2.96. The maximum atomic E-state index is 12.8. The summed E-state index contributed by atoms with van der Waals surface area (Å²) >= 11 is 0. The van der Waals surface area contributed by atoms with Gasteiger partial charge in [-0.3, -0.25) is 9.78 Å². The Kier molecular flexibility index (Phi) is 5.70. The van der Waals surface area contributed by atoms with Crippen molar-refractivity contribution in [1.82, 2.24) is 20.2 Å². The van der Waals surface area contributed by atoms with Crippen LogP contribution in [0.15, 0.2) is 27.2 Å². The van der Waals surface area contributed by atoms with Crippen LogP contribution in [0.25, 0.3) is 11.3 Å². The summed E-state index contributed by atoms with van der Waals surface area (Å²) in [4.78, 5) is 19.6. The van der Waals surface area contributed by atoms with E-state index in [1.807, 2.05) is 31.7 Å². The second-order valence-corrected chi connectivity index (χ2v) is 8.00. The average Bonchev–Trinajstić information content (AvgIpc) is 3.30. The van der Waals surface area contributed by atoms with Crippen LogP contribution in [0.1, 0.15) is 59.8 Å².